The predicted molar refractivity (Wildman–Crippen MR) is 95.5 cm³/mol. The fourth-order valence-electron chi connectivity index (χ4n) is 2.14. The molecule has 0 fully saturated rings. The van der Waals surface area contributed by atoms with Crippen molar-refractivity contribution >= 4 is 29.0 Å². The summed E-state index contributed by atoms with van der Waals surface area (Å²) >= 11 is 2.95. The van der Waals surface area contributed by atoms with Crippen molar-refractivity contribution in [2.24, 2.45) is 0 Å². The molecular formula is C16H17N5OS2. The van der Waals surface area contributed by atoms with Gasteiger partial charge in [0.05, 0.1) is 17.5 Å². The summed E-state index contributed by atoms with van der Waals surface area (Å²) in [6.07, 6.45) is 0. The fourth-order valence-corrected chi connectivity index (χ4v) is 3.58. The highest BCUT2D eigenvalue weighted by Gasteiger charge is 2.14. The van der Waals surface area contributed by atoms with Crippen LogP contribution in [0.1, 0.15) is 23.4 Å². The van der Waals surface area contributed by atoms with Crippen LogP contribution >= 0.6 is 23.1 Å². The molecule has 0 saturated heterocycles. The van der Waals surface area contributed by atoms with Crippen LogP contribution in [0.25, 0.3) is 5.69 Å². The van der Waals surface area contributed by atoms with Crippen molar-refractivity contribution in [1.29, 1.82) is 0 Å². The lowest BCUT2D eigenvalue weighted by molar-refractivity contribution is -0.119. The molecule has 6 nitrogen and oxygen atoms in total. The minimum absolute atomic E-state index is 0.00573. The van der Waals surface area contributed by atoms with Crippen LogP contribution in [0.15, 0.2) is 46.9 Å². The lowest BCUT2D eigenvalue weighted by atomic mass is 10.2. The molecule has 0 aliphatic rings. The first-order chi connectivity index (χ1) is 11.6. The van der Waals surface area contributed by atoms with Gasteiger partial charge in [-0.15, -0.1) is 16.4 Å². The molecule has 1 aromatic carbocycles. The average molecular weight is 359 g/mol. The van der Waals surface area contributed by atoms with Crippen molar-refractivity contribution < 1.29 is 4.79 Å². The third-order valence-corrected chi connectivity index (χ3v) is 5.37. The van der Waals surface area contributed by atoms with E-state index in [4.69, 9.17) is 0 Å². The molecule has 0 aliphatic heterocycles. The van der Waals surface area contributed by atoms with Crippen LogP contribution in [0.2, 0.25) is 0 Å². The summed E-state index contributed by atoms with van der Waals surface area (Å²) in [4.78, 5) is 13.3. The van der Waals surface area contributed by atoms with E-state index in [9.17, 15) is 4.79 Å². The second-order valence-corrected chi connectivity index (χ2v) is 7.22. The molecule has 24 heavy (non-hydrogen) atoms. The van der Waals surface area contributed by atoms with Gasteiger partial charge in [-0.1, -0.05) is 35.5 Å². The first-order valence-electron chi connectivity index (χ1n) is 7.44. The van der Waals surface area contributed by atoms with Crippen molar-refractivity contribution in [2.45, 2.75) is 25.0 Å². The van der Waals surface area contributed by atoms with E-state index in [1.165, 1.54) is 17.3 Å². The number of aromatic nitrogens is 4. The van der Waals surface area contributed by atoms with Crippen LogP contribution in [-0.2, 0) is 4.79 Å². The number of nitrogens with one attached hydrogen (secondary N) is 1. The monoisotopic (exact) mass is 359 g/mol. The van der Waals surface area contributed by atoms with E-state index in [1.807, 2.05) is 55.6 Å². The first kappa shape index (κ1) is 16.7. The molecule has 0 aliphatic carbocycles. The number of tetrazole rings is 1. The van der Waals surface area contributed by atoms with Crippen molar-refractivity contribution in [2.75, 3.05) is 5.75 Å². The van der Waals surface area contributed by atoms with Crippen molar-refractivity contribution in [3.63, 3.8) is 0 Å². The molecule has 8 heteroatoms. The van der Waals surface area contributed by atoms with E-state index in [2.05, 4.69) is 20.8 Å². The number of carbonyl (C=O) groups excluding carboxylic acids is 1. The Morgan fingerprint density at radius 3 is 2.83 bits per heavy atom. The van der Waals surface area contributed by atoms with Gasteiger partial charge in [0.1, 0.15) is 0 Å². The molecule has 0 saturated carbocycles. The summed E-state index contributed by atoms with van der Waals surface area (Å²) in [6.45, 7) is 4.00. The van der Waals surface area contributed by atoms with Crippen LogP contribution in [0.5, 0.6) is 0 Å². The normalized spacial score (nSPS) is 12.1. The van der Waals surface area contributed by atoms with Gasteiger partial charge in [0.15, 0.2) is 0 Å². The molecule has 0 radical (unpaired) electrons. The molecule has 124 valence electrons. The maximum absolute atomic E-state index is 12.1. The molecule has 1 amide bonds. The lowest BCUT2D eigenvalue weighted by Crippen LogP contribution is -2.27. The van der Waals surface area contributed by atoms with Gasteiger partial charge in [0.25, 0.3) is 0 Å². The van der Waals surface area contributed by atoms with Crippen LogP contribution in [0.4, 0.5) is 0 Å². The van der Waals surface area contributed by atoms with Crippen LogP contribution in [0.3, 0.4) is 0 Å². The van der Waals surface area contributed by atoms with E-state index >= 15 is 0 Å². The van der Waals surface area contributed by atoms with Crippen LogP contribution in [-0.4, -0.2) is 31.9 Å². The number of hydrogen-bond acceptors (Lipinski definition) is 6. The Labute approximate surface area is 148 Å². The van der Waals surface area contributed by atoms with E-state index in [-0.39, 0.29) is 17.7 Å². The van der Waals surface area contributed by atoms with Gasteiger partial charge in [-0.25, -0.2) is 0 Å². The van der Waals surface area contributed by atoms with Crippen LogP contribution in [0, 0.1) is 6.92 Å². The van der Waals surface area contributed by atoms with Gasteiger partial charge in [0.2, 0.25) is 11.1 Å². The summed E-state index contributed by atoms with van der Waals surface area (Å²) in [6, 6.07) is 11.9. The molecule has 3 aromatic rings. The average Bonchev–Trinajstić information content (AvgIpc) is 3.25. The number of hydrogen-bond donors (Lipinski definition) is 1. The summed E-state index contributed by atoms with van der Waals surface area (Å²) in [5, 5.41) is 17.3. The number of aryl methyl sites for hydroxylation is 1. The number of thiophene rings is 1. The molecule has 0 spiro atoms. The number of carbonyl (C=O) groups is 1. The zero-order valence-corrected chi connectivity index (χ0v) is 15.0. The highest BCUT2D eigenvalue weighted by Crippen LogP contribution is 2.20. The molecule has 0 bridgehead atoms. The quantitative estimate of drug-likeness (QED) is 0.685. The van der Waals surface area contributed by atoms with Crippen LogP contribution < -0.4 is 5.32 Å². The standard InChI is InChI=1S/C16H17N5OS2/c1-11-5-7-13(8-6-11)21-16(18-19-20-21)24-10-15(22)17-12(2)14-4-3-9-23-14/h3-9,12H,10H2,1-2H3,(H,17,22)/t12-/m0/s1. The third kappa shape index (κ3) is 4.01. The Morgan fingerprint density at radius 1 is 1.33 bits per heavy atom. The van der Waals surface area contributed by atoms with Gasteiger partial charge < -0.3 is 5.32 Å². The lowest BCUT2D eigenvalue weighted by Gasteiger charge is -2.11. The fraction of sp³-hybridized carbons (Fsp3) is 0.250. The zero-order chi connectivity index (χ0) is 16.9. The second kappa shape index (κ2) is 7.59. The number of benzene rings is 1. The highest BCUT2D eigenvalue weighted by molar-refractivity contribution is 7.99. The minimum atomic E-state index is -0.0423. The second-order valence-electron chi connectivity index (χ2n) is 5.30. The highest BCUT2D eigenvalue weighted by atomic mass is 32.2. The van der Waals surface area contributed by atoms with Crippen molar-refractivity contribution in [3.8, 4) is 5.69 Å². The SMILES string of the molecule is Cc1ccc(-n2nnnc2SCC(=O)N[C@@H](C)c2cccs2)cc1. The van der Waals surface area contributed by atoms with E-state index in [1.54, 1.807) is 16.0 Å². The maximum Gasteiger partial charge on any atom is 0.230 e. The van der Waals surface area contributed by atoms with E-state index < -0.39 is 0 Å². The maximum atomic E-state index is 12.1. The molecule has 1 atom stereocenters. The van der Waals surface area contributed by atoms with Gasteiger partial charge in [-0.05, 0) is 47.9 Å². The van der Waals surface area contributed by atoms with Gasteiger partial charge in [0, 0.05) is 4.88 Å². The minimum Gasteiger partial charge on any atom is -0.348 e. The topological polar surface area (TPSA) is 72.7 Å². The summed E-state index contributed by atoms with van der Waals surface area (Å²) < 4.78 is 1.64. The number of thioether (sulfide) groups is 1. The van der Waals surface area contributed by atoms with E-state index in [0.29, 0.717) is 5.16 Å². The van der Waals surface area contributed by atoms with Crippen molar-refractivity contribution in [1.82, 2.24) is 25.5 Å². The Hall–Kier alpha value is -2.19. The first-order valence-corrected chi connectivity index (χ1v) is 9.31. The molecule has 2 heterocycles. The van der Waals surface area contributed by atoms with E-state index in [0.717, 1.165) is 10.6 Å². The Bertz CT molecular complexity index is 798. The summed E-state index contributed by atoms with van der Waals surface area (Å²) in [5.74, 6) is 0.224. The third-order valence-electron chi connectivity index (χ3n) is 3.40. The molecular weight excluding hydrogens is 342 g/mol. The molecule has 2 aromatic heterocycles. The van der Waals surface area contributed by atoms with Gasteiger partial charge in [-0.3, -0.25) is 4.79 Å². The summed E-state index contributed by atoms with van der Waals surface area (Å²) in [5.41, 5.74) is 2.04. The zero-order valence-electron chi connectivity index (χ0n) is 13.3. The Balaban J connectivity index is 1.60. The van der Waals surface area contributed by atoms with Crippen molar-refractivity contribution in [3.05, 3.63) is 52.2 Å². The molecule has 1 N–H and O–H groups in total. The molecule has 3 rings (SSSR count). The smallest absolute Gasteiger partial charge is 0.230 e. The molecule has 0 unspecified atom stereocenters. The Kier molecular flexibility index (Phi) is 5.27. The predicted octanol–water partition coefficient (Wildman–Crippen LogP) is 3.00. The number of rotatable bonds is 6. The number of amides is 1. The summed E-state index contributed by atoms with van der Waals surface area (Å²) in [7, 11) is 0. The van der Waals surface area contributed by atoms with Gasteiger partial charge in [-0.2, -0.15) is 4.68 Å². The number of nitrogens with zero attached hydrogens (tertiary/aromatic N) is 4. The largest absolute Gasteiger partial charge is 0.348 e. The van der Waals surface area contributed by atoms with Gasteiger partial charge >= 0.3 is 0 Å². The Morgan fingerprint density at radius 2 is 2.12 bits per heavy atom.